The van der Waals surface area contributed by atoms with Crippen molar-refractivity contribution in [2.24, 2.45) is 0 Å². The molecule has 0 unspecified atom stereocenters. The van der Waals surface area contributed by atoms with Crippen molar-refractivity contribution in [1.82, 2.24) is 4.98 Å². The summed E-state index contributed by atoms with van der Waals surface area (Å²) >= 11 is 0. The van der Waals surface area contributed by atoms with Gasteiger partial charge in [-0.15, -0.1) is 0 Å². The molecule has 0 fully saturated rings. The molecule has 0 aliphatic rings. The van der Waals surface area contributed by atoms with E-state index in [9.17, 15) is 0 Å². The fourth-order valence-corrected chi connectivity index (χ4v) is 1.85. The van der Waals surface area contributed by atoms with Gasteiger partial charge < -0.3 is 4.74 Å². The largest absolute Gasteiger partial charge is 0.494 e. The quantitative estimate of drug-likeness (QED) is 0.599. The van der Waals surface area contributed by atoms with Gasteiger partial charge in [-0.1, -0.05) is 31.8 Å². The molecular formula is C19H21NO. The van der Waals surface area contributed by atoms with Crippen molar-refractivity contribution in [1.29, 1.82) is 0 Å². The van der Waals surface area contributed by atoms with E-state index in [2.05, 4.69) is 23.7 Å². The van der Waals surface area contributed by atoms with E-state index in [1.807, 2.05) is 49.5 Å². The molecular weight excluding hydrogens is 258 g/mol. The van der Waals surface area contributed by atoms with Crippen LogP contribution in [0.2, 0.25) is 0 Å². The summed E-state index contributed by atoms with van der Waals surface area (Å²) in [6.45, 7) is 4.99. The van der Waals surface area contributed by atoms with E-state index < -0.39 is 0 Å². The molecule has 0 bridgehead atoms. The van der Waals surface area contributed by atoms with Gasteiger partial charge in [0.05, 0.1) is 6.61 Å². The lowest BCUT2D eigenvalue weighted by molar-refractivity contribution is 0.306. The first-order valence-corrected chi connectivity index (χ1v) is 7.45. The number of aryl methyl sites for hydroxylation is 1. The molecule has 0 aliphatic carbocycles. The lowest BCUT2D eigenvalue weighted by Crippen LogP contribution is -1.96. The molecule has 1 aromatic heterocycles. The van der Waals surface area contributed by atoms with Gasteiger partial charge in [-0.05, 0) is 55.2 Å². The van der Waals surface area contributed by atoms with E-state index in [4.69, 9.17) is 4.74 Å². The van der Waals surface area contributed by atoms with E-state index in [1.165, 1.54) is 12.8 Å². The fraction of sp³-hybridized carbons (Fsp3) is 0.316. The second-order valence-electron chi connectivity index (χ2n) is 5.05. The lowest BCUT2D eigenvalue weighted by Gasteiger charge is -2.05. The standard InChI is InChI=1S/C19H21NO/c1-3-4-5-14-21-19-12-8-17(9-13-19)7-11-18-10-6-16(2)15-20-18/h6,8-10,12-13,15H,3-5,14H2,1-2H3. The highest BCUT2D eigenvalue weighted by Gasteiger charge is 1.94. The summed E-state index contributed by atoms with van der Waals surface area (Å²) in [5.74, 6) is 7.09. The predicted octanol–water partition coefficient (Wildman–Crippen LogP) is 4.36. The van der Waals surface area contributed by atoms with E-state index in [1.54, 1.807) is 0 Å². The van der Waals surface area contributed by atoms with Crippen LogP contribution in [0.15, 0.2) is 42.6 Å². The number of ether oxygens (including phenoxy) is 1. The highest BCUT2D eigenvalue weighted by molar-refractivity contribution is 5.42. The third-order valence-electron chi connectivity index (χ3n) is 3.12. The van der Waals surface area contributed by atoms with E-state index in [0.717, 1.165) is 35.6 Å². The Morgan fingerprint density at radius 1 is 1.00 bits per heavy atom. The molecule has 0 radical (unpaired) electrons. The number of aromatic nitrogens is 1. The van der Waals surface area contributed by atoms with Gasteiger partial charge >= 0.3 is 0 Å². The van der Waals surface area contributed by atoms with Crippen molar-refractivity contribution in [3.63, 3.8) is 0 Å². The Hall–Kier alpha value is -2.27. The van der Waals surface area contributed by atoms with Gasteiger partial charge in [0.2, 0.25) is 0 Å². The van der Waals surface area contributed by atoms with Crippen molar-refractivity contribution >= 4 is 0 Å². The van der Waals surface area contributed by atoms with Gasteiger partial charge in [0.15, 0.2) is 0 Å². The van der Waals surface area contributed by atoms with Crippen LogP contribution in [0, 0.1) is 18.8 Å². The minimum Gasteiger partial charge on any atom is -0.494 e. The summed E-state index contributed by atoms with van der Waals surface area (Å²) in [6.07, 6.45) is 5.37. The van der Waals surface area contributed by atoms with Gasteiger partial charge in [-0.3, -0.25) is 0 Å². The van der Waals surface area contributed by atoms with Crippen LogP contribution in [0.25, 0.3) is 0 Å². The van der Waals surface area contributed by atoms with Crippen molar-refractivity contribution in [3.05, 3.63) is 59.4 Å². The summed E-state index contributed by atoms with van der Waals surface area (Å²) < 4.78 is 5.68. The molecule has 2 nitrogen and oxygen atoms in total. The predicted molar refractivity (Wildman–Crippen MR) is 86.4 cm³/mol. The van der Waals surface area contributed by atoms with Crippen LogP contribution in [-0.4, -0.2) is 11.6 Å². The third-order valence-corrected chi connectivity index (χ3v) is 3.12. The Kier molecular flexibility index (Phi) is 5.84. The number of hydrogen-bond acceptors (Lipinski definition) is 2. The topological polar surface area (TPSA) is 22.1 Å². The number of hydrogen-bond donors (Lipinski definition) is 0. The van der Waals surface area contributed by atoms with Crippen LogP contribution in [0.3, 0.4) is 0 Å². The van der Waals surface area contributed by atoms with Crippen LogP contribution in [0.4, 0.5) is 0 Å². The van der Waals surface area contributed by atoms with Gasteiger partial charge in [-0.2, -0.15) is 0 Å². The Balaban J connectivity index is 1.92. The van der Waals surface area contributed by atoms with Crippen LogP contribution < -0.4 is 4.74 Å². The maximum Gasteiger partial charge on any atom is 0.119 e. The Morgan fingerprint density at radius 3 is 2.48 bits per heavy atom. The second kappa shape index (κ2) is 8.11. The molecule has 2 rings (SSSR count). The Labute approximate surface area is 127 Å². The number of pyridine rings is 1. The molecule has 0 saturated carbocycles. The second-order valence-corrected chi connectivity index (χ2v) is 5.05. The summed E-state index contributed by atoms with van der Waals surface area (Å²) in [7, 11) is 0. The number of benzene rings is 1. The summed E-state index contributed by atoms with van der Waals surface area (Å²) in [4.78, 5) is 4.27. The maximum atomic E-state index is 5.68. The molecule has 1 aromatic carbocycles. The molecule has 2 heteroatoms. The van der Waals surface area contributed by atoms with E-state index in [-0.39, 0.29) is 0 Å². The van der Waals surface area contributed by atoms with Gasteiger partial charge in [-0.25, -0.2) is 4.98 Å². The van der Waals surface area contributed by atoms with Crippen LogP contribution in [0.1, 0.15) is 43.0 Å². The lowest BCUT2D eigenvalue weighted by atomic mass is 10.2. The summed E-state index contributed by atoms with van der Waals surface area (Å²) in [5, 5.41) is 0. The number of rotatable bonds is 5. The first kappa shape index (κ1) is 15.1. The van der Waals surface area contributed by atoms with Crippen LogP contribution in [0.5, 0.6) is 5.75 Å². The molecule has 21 heavy (non-hydrogen) atoms. The smallest absolute Gasteiger partial charge is 0.119 e. The monoisotopic (exact) mass is 279 g/mol. The SMILES string of the molecule is CCCCCOc1ccc(C#Cc2ccc(C)cn2)cc1. The molecule has 0 N–H and O–H groups in total. The normalized spacial score (nSPS) is 9.81. The zero-order valence-corrected chi connectivity index (χ0v) is 12.7. The average Bonchev–Trinajstić information content (AvgIpc) is 2.52. The first-order valence-electron chi connectivity index (χ1n) is 7.45. The van der Waals surface area contributed by atoms with Gasteiger partial charge in [0, 0.05) is 11.8 Å². The Morgan fingerprint density at radius 2 is 1.81 bits per heavy atom. The van der Waals surface area contributed by atoms with Crippen molar-refractivity contribution in [2.45, 2.75) is 33.1 Å². The summed E-state index contributed by atoms with van der Waals surface area (Å²) in [5.41, 5.74) is 2.91. The molecule has 108 valence electrons. The van der Waals surface area contributed by atoms with Crippen molar-refractivity contribution < 1.29 is 4.74 Å². The van der Waals surface area contributed by atoms with Gasteiger partial charge in [0.1, 0.15) is 11.4 Å². The van der Waals surface area contributed by atoms with E-state index >= 15 is 0 Å². The van der Waals surface area contributed by atoms with Crippen LogP contribution in [-0.2, 0) is 0 Å². The van der Waals surface area contributed by atoms with Gasteiger partial charge in [0.25, 0.3) is 0 Å². The highest BCUT2D eigenvalue weighted by atomic mass is 16.5. The van der Waals surface area contributed by atoms with Crippen molar-refractivity contribution in [2.75, 3.05) is 6.61 Å². The number of unbranched alkanes of at least 4 members (excludes halogenated alkanes) is 2. The zero-order valence-electron chi connectivity index (χ0n) is 12.7. The highest BCUT2D eigenvalue weighted by Crippen LogP contribution is 2.12. The number of nitrogens with zero attached hydrogens (tertiary/aromatic N) is 1. The molecule has 2 aromatic rings. The third kappa shape index (κ3) is 5.31. The fourth-order valence-electron chi connectivity index (χ4n) is 1.85. The average molecular weight is 279 g/mol. The molecule has 0 spiro atoms. The maximum absolute atomic E-state index is 5.68. The molecule has 0 saturated heterocycles. The Bertz CT molecular complexity index is 603. The summed E-state index contributed by atoms with van der Waals surface area (Å²) in [6, 6.07) is 11.9. The first-order chi connectivity index (χ1) is 10.3. The molecule has 1 heterocycles. The van der Waals surface area contributed by atoms with Crippen molar-refractivity contribution in [3.8, 4) is 17.6 Å². The van der Waals surface area contributed by atoms with Crippen LogP contribution >= 0.6 is 0 Å². The molecule has 0 atom stereocenters. The molecule has 0 aliphatic heterocycles. The molecule has 0 amide bonds. The minimum atomic E-state index is 0.784. The minimum absolute atomic E-state index is 0.784. The van der Waals surface area contributed by atoms with E-state index in [0.29, 0.717) is 0 Å². The zero-order chi connectivity index (χ0) is 14.9.